The number of carbonyl (C=O) groups excluding carboxylic acids is 2. The summed E-state index contributed by atoms with van der Waals surface area (Å²) in [5.74, 6) is -0.344. The molecule has 0 spiro atoms. The first kappa shape index (κ1) is 16.0. The number of rotatable bonds is 4. The van der Waals surface area contributed by atoms with Crippen molar-refractivity contribution in [1.29, 1.82) is 0 Å². The zero-order valence-corrected chi connectivity index (χ0v) is 14.6. The molecule has 1 aromatic carbocycles. The molecule has 1 saturated carbocycles. The number of hydrogen-bond donors (Lipinski definition) is 1. The number of fused-ring (bicyclic) bond motifs is 2. The van der Waals surface area contributed by atoms with Crippen molar-refractivity contribution in [2.45, 2.75) is 25.8 Å². The van der Waals surface area contributed by atoms with Crippen LogP contribution in [0.1, 0.15) is 24.1 Å². The minimum Gasteiger partial charge on any atom is -0.350 e. The monoisotopic (exact) mass is 353 g/mol. The van der Waals surface area contributed by atoms with Gasteiger partial charge in [0.2, 0.25) is 11.8 Å². The van der Waals surface area contributed by atoms with E-state index in [9.17, 15) is 9.59 Å². The Morgan fingerprint density at radius 3 is 3.00 bits per heavy atom. The Bertz CT molecular complexity index is 829. The van der Waals surface area contributed by atoms with Gasteiger partial charge in [-0.3, -0.25) is 14.6 Å². The van der Waals surface area contributed by atoms with Gasteiger partial charge < -0.3 is 10.2 Å². The molecule has 128 valence electrons. The van der Waals surface area contributed by atoms with E-state index in [1.54, 1.807) is 16.2 Å². The number of anilines is 1. The third-order valence-corrected chi connectivity index (χ3v) is 5.55. The van der Waals surface area contributed by atoms with Crippen molar-refractivity contribution >= 4 is 40.2 Å². The molecule has 1 atom stereocenters. The van der Waals surface area contributed by atoms with Crippen LogP contribution in [0.25, 0.3) is 0 Å². The predicted molar refractivity (Wildman–Crippen MR) is 99.4 cm³/mol. The molecule has 2 aromatic rings. The molecular weight excluding hydrogens is 334 g/mol. The minimum absolute atomic E-state index is 0.00697. The van der Waals surface area contributed by atoms with Gasteiger partial charge in [0.05, 0.1) is 23.8 Å². The maximum Gasteiger partial charge on any atom is 0.240 e. The summed E-state index contributed by atoms with van der Waals surface area (Å²) < 4.78 is 0. The number of thiophene rings is 1. The summed E-state index contributed by atoms with van der Waals surface area (Å²) in [6.45, 7) is 0.520. The number of hydrogen-bond acceptors (Lipinski definition) is 4. The van der Waals surface area contributed by atoms with Crippen molar-refractivity contribution in [2.75, 3.05) is 11.4 Å². The van der Waals surface area contributed by atoms with Gasteiger partial charge in [0.1, 0.15) is 6.54 Å². The second kappa shape index (κ2) is 6.80. The molecule has 1 fully saturated rings. The summed E-state index contributed by atoms with van der Waals surface area (Å²) in [5, 5.41) is 4.89. The molecule has 1 aliphatic carbocycles. The second-order valence-electron chi connectivity index (χ2n) is 6.32. The van der Waals surface area contributed by atoms with Gasteiger partial charge in [0, 0.05) is 10.6 Å². The lowest BCUT2D eigenvalue weighted by Gasteiger charge is -2.24. The molecular formula is C19H19N3O2S. The standard InChI is InChI=1S/C19H19N3O2S/c23-18(20-11-13-5-4-10-25-13)12-22-17-9-2-1-7-16(17)21-15-8-3-6-14(15)19(22)24/h1-2,4-5,7,9-10,14H,3,6,8,11-12H2,(H,20,23). The number of benzene rings is 1. The van der Waals surface area contributed by atoms with Crippen molar-refractivity contribution in [3.8, 4) is 0 Å². The maximum atomic E-state index is 13.0. The van der Waals surface area contributed by atoms with Crippen LogP contribution < -0.4 is 10.2 Å². The van der Waals surface area contributed by atoms with Crippen LogP contribution in [0.5, 0.6) is 0 Å². The Morgan fingerprint density at radius 2 is 2.16 bits per heavy atom. The van der Waals surface area contributed by atoms with E-state index in [-0.39, 0.29) is 24.3 Å². The number of nitrogens with zero attached hydrogens (tertiary/aromatic N) is 2. The predicted octanol–water partition coefficient (Wildman–Crippen LogP) is 3.28. The van der Waals surface area contributed by atoms with Crippen LogP contribution in [0, 0.1) is 5.92 Å². The Kier molecular flexibility index (Phi) is 4.36. The molecule has 0 bridgehead atoms. The molecule has 1 unspecified atom stereocenters. The van der Waals surface area contributed by atoms with E-state index >= 15 is 0 Å². The van der Waals surface area contributed by atoms with E-state index in [1.165, 1.54) is 0 Å². The van der Waals surface area contributed by atoms with Crippen molar-refractivity contribution in [3.63, 3.8) is 0 Å². The molecule has 1 N–H and O–H groups in total. The average molecular weight is 353 g/mol. The molecule has 2 heterocycles. The molecule has 1 aliphatic heterocycles. The summed E-state index contributed by atoms with van der Waals surface area (Å²) in [4.78, 5) is 32.9. The molecule has 5 nitrogen and oxygen atoms in total. The third-order valence-electron chi connectivity index (χ3n) is 4.67. The van der Waals surface area contributed by atoms with Gasteiger partial charge in [0.15, 0.2) is 0 Å². The van der Waals surface area contributed by atoms with Gasteiger partial charge in [-0.15, -0.1) is 11.3 Å². The smallest absolute Gasteiger partial charge is 0.240 e. The van der Waals surface area contributed by atoms with Crippen LogP contribution in [0.2, 0.25) is 0 Å². The van der Waals surface area contributed by atoms with E-state index in [1.807, 2.05) is 41.8 Å². The molecule has 0 radical (unpaired) electrons. The van der Waals surface area contributed by atoms with Crippen molar-refractivity contribution in [3.05, 3.63) is 46.7 Å². The van der Waals surface area contributed by atoms with E-state index < -0.39 is 0 Å². The largest absolute Gasteiger partial charge is 0.350 e. The molecule has 2 amide bonds. The highest BCUT2D eigenvalue weighted by atomic mass is 32.1. The van der Waals surface area contributed by atoms with Gasteiger partial charge >= 0.3 is 0 Å². The lowest BCUT2D eigenvalue weighted by atomic mass is 10.1. The van der Waals surface area contributed by atoms with Crippen molar-refractivity contribution < 1.29 is 9.59 Å². The number of amides is 2. The first-order valence-corrected chi connectivity index (χ1v) is 9.37. The maximum absolute atomic E-state index is 13.0. The zero-order chi connectivity index (χ0) is 17.2. The van der Waals surface area contributed by atoms with Gasteiger partial charge in [-0.1, -0.05) is 18.2 Å². The van der Waals surface area contributed by atoms with E-state index in [0.29, 0.717) is 6.54 Å². The first-order chi connectivity index (χ1) is 12.2. The minimum atomic E-state index is -0.183. The van der Waals surface area contributed by atoms with E-state index in [4.69, 9.17) is 4.99 Å². The average Bonchev–Trinajstić information content (AvgIpc) is 3.28. The quantitative estimate of drug-likeness (QED) is 0.917. The van der Waals surface area contributed by atoms with Gasteiger partial charge in [-0.2, -0.15) is 0 Å². The topological polar surface area (TPSA) is 61.8 Å². The highest BCUT2D eigenvalue weighted by Gasteiger charge is 2.36. The second-order valence-corrected chi connectivity index (χ2v) is 7.35. The number of nitrogens with one attached hydrogen (secondary N) is 1. The Morgan fingerprint density at radius 1 is 1.28 bits per heavy atom. The van der Waals surface area contributed by atoms with Crippen LogP contribution in [-0.4, -0.2) is 24.1 Å². The van der Waals surface area contributed by atoms with Crippen LogP contribution in [-0.2, 0) is 16.1 Å². The molecule has 25 heavy (non-hydrogen) atoms. The summed E-state index contributed by atoms with van der Waals surface area (Å²) in [6.07, 6.45) is 2.66. The summed E-state index contributed by atoms with van der Waals surface area (Å²) in [7, 11) is 0. The van der Waals surface area contributed by atoms with Crippen LogP contribution >= 0.6 is 11.3 Å². The fourth-order valence-electron chi connectivity index (χ4n) is 3.44. The van der Waals surface area contributed by atoms with Crippen LogP contribution in [0.15, 0.2) is 46.8 Å². The Balaban J connectivity index is 1.55. The Hall–Kier alpha value is -2.47. The van der Waals surface area contributed by atoms with Crippen molar-refractivity contribution in [1.82, 2.24) is 5.32 Å². The molecule has 2 aliphatic rings. The third kappa shape index (κ3) is 3.22. The van der Waals surface area contributed by atoms with Gasteiger partial charge in [0.25, 0.3) is 0 Å². The lowest BCUT2D eigenvalue weighted by Crippen LogP contribution is -2.43. The first-order valence-electron chi connectivity index (χ1n) is 8.49. The van der Waals surface area contributed by atoms with E-state index in [2.05, 4.69) is 5.32 Å². The lowest BCUT2D eigenvalue weighted by molar-refractivity contribution is -0.124. The SMILES string of the molecule is O=C(CN1C(=O)C2CCCC2=Nc2ccccc21)NCc1cccs1. The van der Waals surface area contributed by atoms with Crippen molar-refractivity contribution in [2.24, 2.45) is 10.9 Å². The highest BCUT2D eigenvalue weighted by Crippen LogP contribution is 2.37. The molecule has 1 aromatic heterocycles. The Labute approximate surface area is 150 Å². The number of aliphatic imine (C=N–C) groups is 1. The summed E-state index contributed by atoms with van der Waals surface area (Å²) >= 11 is 1.60. The van der Waals surface area contributed by atoms with Gasteiger partial charge in [-0.05, 0) is 42.8 Å². The zero-order valence-electron chi connectivity index (χ0n) is 13.8. The fourth-order valence-corrected chi connectivity index (χ4v) is 4.08. The number of carbonyl (C=O) groups is 2. The van der Waals surface area contributed by atoms with Crippen LogP contribution in [0.3, 0.4) is 0 Å². The molecule has 0 saturated heterocycles. The normalized spacial score (nSPS) is 19.0. The highest BCUT2D eigenvalue weighted by molar-refractivity contribution is 7.09. The summed E-state index contributed by atoms with van der Waals surface area (Å²) in [5.41, 5.74) is 2.46. The molecule has 6 heteroatoms. The fraction of sp³-hybridized carbons (Fsp3) is 0.316. The van der Waals surface area contributed by atoms with Gasteiger partial charge in [-0.25, -0.2) is 0 Å². The summed E-state index contributed by atoms with van der Waals surface area (Å²) in [6, 6.07) is 11.5. The molecule has 4 rings (SSSR count). The number of para-hydroxylation sites is 2. The van der Waals surface area contributed by atoms with E-state index in [0.717, 1.165) is 41.2 Å². The van der Waals surface area contributed by atoms with Crippen LogP contribution in [0.4, 0.5) is 11.4 Å².